The van der Waals surface area contributed by atoms with E-state index in [0.29, 0.717) is 24.6 Å². The van der Waals surface area contributed by atoms with Crippen LogP contribution in [-0.2, 0) is 10.9 Å². The van der Waals surface area contributed by atoms with Crippen LogP contribution in [0.4, 0.5) is 28.8 Å². The molecule has 194 valence electrons. The van der Waals surface area contributed by atoms with Gasteiger partial charge in [0.05, 0.1) is 17.9 Å². The van der Waals surface area contributed by atoms with Crippen molar-refractivity contribution in [3.8, 4) is 5.75 Å². The number of benzene rings is 1. The molecule has 1 aliphatic rings. The highest BCUT2D eigenvalue weighted by Gasteiger charge is 2.35. The Morgan fingerprint density at radius 2 is 2.03 bits per heavy atom. The first-order chi connectivity index (χ1) is 16.5. The molecule has 2 heterocycles. The molecule has 1 saturated heterocycles. The van der Waals surface area contributed by atoms with Gasteiger partial charge in [-0.1, -0.05) is 19.8 Å². The van der Waals surface area contributed by atoms with Crippen LogP contribution < -0.4 is 10.1 Å². The monoisotopic (exact) mass is 513 g/mol. The normalized spacial score (nSPS) is 16.8. The Labute approximate surface area is 208 Å². The molecule has 3 rings (SSSR count). The third-order valence-corrected chi connectivity index (χ3v) is 6.33. The number of nitrogens with one attached hydrogen (secondary N) is 1. The molecule has 1 N–H and O–H groups in total. The Morgan fingerprint density at radius 1 is 1.26 bits per heavy atom. The molecule has 0 bridgehead atoms. The van der Waals surface area contributed by atoms with E-state index in [2.05, 4.69) is 10.3 Å². The second kappa shape index (κ2) is 11.5. The molecule has 0 radical (unpaired) electrons. The summed E-state index contributed by atoms with van der Waals surface area (Å²) in [5.74, 6) is -0.115. The van der Waals surface area contributed by atoms with Crippen molar-refractivity contribution in [2.75, 3.05) is 25.0 Å². The third-order valence-electron chi connectivity index (χ3n) is 5.55. The highest BCUT2D eigenvalue weighted by molar-refractivity contribution is 7.13. The number of halogens is 3. The van der Waals surface area contributed by atoms with Gasteiger partial charge in [-0.15, -0.1) is 11.3 Å². The molecule has 6 nitrogen and oxygen atoms in total. The van der Waals surface area contributed by atoms with Crippen molar-refractivity contribution in [3.05, 3.63) is 34.8 Å². The van der Waals surface area contributed by atoms with Crippen molar-refractivity contribution >= 4 is 28.2 Å². The van der Waals surface area contributed by atoms with E-state index >= 15 is 0 Å². The van der Waals surface area contributed by atoms with E-state index in [1.54, 1.807) is 11.0 Å². The zero-order valence-corrected chi connectivity index (χ0v) is 21.5. The number of aromatic nitrogens is 1. The molecule has 1 atom stereocenters. The average molecular weight is 514 g/mol. The molecule has 0 saturated carbocycles. The number of nitrogens with zero attached hydrogens (tertiary/aromatic N) is 2. The van der Waals surface area contributed by atoms with Crippen molar-refractivity contribution in [1.29, 1.82) is 0 Å². The number of amides is 1. The SMILES string of the molecule is CCCCCOc1ccc(Nc2nc(C3CCCN(C(=O)OC(C)(C)C)C3)cs2)cc1C(F)(F)F. The Kier molecular flexibility index (Phi) is 8.90. The van der Waals surface area contributed by atoms with Gasteiger partial charge in [-0.3, -0.25) is 0 Å². The lowest BCUT2D eigenvalue weighted by Gasteiger charge is -2.33. The fourth-order valence-electron chi connectivity index (χ4n) is 3.85. The van der Waals surface area contributed by atoms with E-state index in [1.165, 1.54) is 17.4 Å². The molecule has 10 heteroatoms. The minimum atomic E-state index is -4.53. The largest absolute Gasteiger partial charge is 0.493 e. The van der Waals surface area contributed by atoms with E-state index in [0.717, 1.165) is 37.4 Å². The van der Waals surface area contributed by atoms with Gasteiger partial charge in [-0.25, -0.2) is 9.78 Å². The van der Waals surface area contributed by atoms with Crippen LogP contribution in [0.15, 0.2) is 23.6 Å². The van der Waals surface area contributed by atoms with Crippen LogP contribution in [0, 0.1) is 0 Å². The van der Waals surface area contributed by atoms with Gasteiger partial charge in [-0.2, -0.15) is 13.2 Å². The summed E-state index contributed by atoms with van der Waals surface area (Å²) in [6.45, 7) is 8.91. The number of anilines is 2. The Balaban J connectivity index is 1.67. The third kappa shape index (κ3) is 8.02. The smallest absolute Gasteiger partial charge is 0.420 e. The van der Waals surface area contributed by atoms with E-state index in [-0.39, 0.29) is 30.1 Å². The molecule has 35 heavy (non-hydrogen) atoms. The Hall–Kier alpha value is -2.49. The van der Waals surface area contributed by atoms with Gasteiger partial charge in [0.25, 0.3) is 0 Å². The maximum absolute atomic E-state index is 13.6. The fraction of sp³-hybridized carbons (Fsp3) is 0.600. The number of alkyl halides is 3. The molecule has 1 aromatic heterocycles. The first-order valence-corrected chi connectivity index (χ1v) is 12.9. The highest BCUT2D eigenvalue weighted by atomic mass is 32.1. The average Bonchev–Trinajstić information content (AvgIpc) is 3.24. The number of hydrogen-bond donors (Lipinski definition) is 1. The predicted molar refractivity (Wildman–Crippen MR) is 132 cm³/mol. The highest BCUT2D eigenvalue weighted by Crippen LogP contribution is 2.39. The maximum Gasteiger partial charge on any atom is 0.420 e. The number of unbranched alkanes of at least 4 members (excludes halogenated alkanes) is 2. The molecule has 1 aliphatic heterocycles. The minimum absolute atomic E-state index is 0.0488. The van der Waals surface area contributed by atoms with Gasteiger partial charge >= 0.3 is 12.3 Å². The van der Waals surface area contributed by atoms with Crippen molar-refractivity contribution in [2.24, 2.45) is 0 Å². The molecular weight excluding hydrogens is 479 g/mol. The lowest BCUT2D eigenvalue weighted by atomic mass is 9.96. The molecule has 0 aliphatic carbocycles. The summed E-state index contributed by atoms with van der Waals surface area (Å²) < 4.78 is 51.8. The molecule has 1 fully saturated rings. The number of carbonyl (C=O) groups excluding carboxylic acids is 1. The standard InChI is InChI=1S/C25H34F3N3O3S/c1-5-6-7-13-33-21-11-10-18(14-19(21)25(26,27)28)29-22-30-20(16-35-22)17-9-8-12-31(15-17)23(32)34-24(2,3)4/h10-11,14,16-17H,5-9,12-13,15H2,1-4H3,(H,29,30). The zero-order valence-electron chi connectivity index (χ0n) is 20.7. The lowest BCUT2D eigenvalue weighted by Crippen LogP contribution is -2.42. The van der Waals surface area contributed by atoms with Crippen molar-refractivity contribution in [1.82, 2.24) is 9.88 Å². The number of piperidine rings is 1. The Bertz CT molecular complexity index is 988. The van der Waals surface area contributed by atoms with Crippen molar-refractivity contribution in [2.45, 2.75) is 77.5 Å². The van der Waals surface area contributed by atoms with Crippen molar-refractivity contribution < 1.29 is 27.4 Å². The number of carbonyl (C=O) groups is 1. The topological polar surface area (TPSA) is 63.7 Å². The summed E-state index contributed by atoms with van der Waals surface area (Å²) in [5.41, 5.74) is -0.264. The number of hydrogen-bond acceptors (Lipinski definition) is 6. The van der Waals surface area contributed by atoms with Crippen LogP contribution in [0.3, 0.4) is 0 Å². The van der Waals surface area contributed by atoms with Gasteiger partial charge in [0, 0.05) is 30.1 Å². The molecule has 1 amide bonds. The summed E-state index contributed by atoms with van der Waals surface area (Å²) in [6.07, 6.45) is -0.574. The summed E-state index contributed by atoms with van der Waals surface area (Å²) >= 11 is 1.33. The number of rotatable bonds is 8. The quantitative estimate of drug-likeness (QED) is 0.369. The van der Waals surface area contributed by atoms with E-state index in [9.17, 15) is 18.0 Å². The van der Waals surface area contributed by atoms with E-state index in [4.69, 9.17) is 9.47 Å². The summed E-state index contributed by atoms with van der Waals surface area (Å²) in [4.78, 5) is 18.7. The van der Waals surface area contributed by atoms with Gasteiger partial charge in [0.15, 0.2) is 5.13 Å². The van der Waals surface area contributed by atoms with Crippen LogP contribution in [0.2, 0.25) is 0 Å². The van der Waals surface area contributed by atoms with E-state index < -0.39 is 17.3 Å². The van der Waals surface area contributed by atoms with Gasteiger partial charge < -0.3 is 19.7 Å². The second-order valence-corrected chi connectivity index (χ2v) is 10.6. The van der Waals surface area contributed by atoms with Gasteiger partial charge in [0.2, 0.25) is 0 Å². The summed E-state index contributed by atoms with van der Waals surface area (Å²) in [6, 6.07) is 3.98. The first kappa shape index (κ1) is 27.1. The number of thiazole rings is 1. The lowest BCUT2D eigenvalue weighted by molar-refractivity contribution is -0.138. The summed E-state index contributed by atoms with van der Waals surface area (Å²) in [5, 5.41) is 5.38. The number of ether oxygens (including phenoxy) is 2. The summed E-state index contributed by atoms with van der Waals surface area (Å²) in [7, 11) is 0. The molecule has 2 aromatic rings. The first-order valence-electron chi connectivity index (χ1n) is 12.0. The van der Waals surface area contributed by atoms with Crippen LogP contribution >= 0.6 is 11.3 Å². The van der Waals surface area contributed by atoms with Crippen LogP contribution in [0.1, 0.15) is 77.0 Å². The molecular formula is C25H34F3N3O3S. The van der Waals surface area contributed by atoms with Gasteiger partial charge in [0.1, 0.15) is 11.4 Å². The fourth-order valence-corrected chi connectivity index (χ4v) is 4.67. The van der Waals surface area contributed by atoms with Crippen LogP contribution in [0.25, 0.3) is 0 Å². The second-order valence-electron chi connectivity index (χ2n) is 9.73. The van der Waals surface area contributed by atoms with Crippen LogP contribution in [-0.4, -0.2) is 41.3 Å². The van der Waals surface area contributed by atoms with Gasteiger partial charge in [-0.05, 0) is 58.2 Å². The zero-order chi connectivity index (χ0) is 25.6. The maximum atomic E-state index is 13.6. The molecule has 0 spiro atoms. The van der Waals surface area contributed by atoms with Crippen molar-refractivity contribution in [3.63, 3.8) is 0 Å². The Morgan fingerprint density at radius 3 is 2.71 bits per heavy atom. The predicted octanol–water partition coefficient (Wildman–Crippen LogP) is 7.59. The van der Waals surface area contributed by atoms with E-state index in [1.807, 2.05) is 33.1 Å². The van der Waals surface area contributed by atoms with Crippen LogP contribution in [0.5, 0.6) is 5.75 Å². The number of likely N-dealkylation sites (tertiary alicyclic amines) is 1. The molecule has 1 aromatic carbocycles. The minimum Gasteiger partial charge on any atom is -0.493 e. The molecule has 1 unspecified atom stereocenters.